The molecule has 0 saturated carbocycles. The second-order valence-corrected chi connectivity index (χ2v) is 10.9. The number of hydrogen-bond donors (Lipinski definition) is 2. The minimum absolute atomic E-state index is 0.0670. The van der Waals surface area contributed by atoms with Crippen molar-refractivity contribution in [3.8, 4) is 0 Å². The van der Waals surface area contributed by atoms with Gasteiger partial charge in [-0.2, -0.15) is 4.72 Å². The predicted octanol–water partition coefficient (Wildman–Crippen LogP) is 4.05. The highest BCUT2D eigenvalue weighted by Gasteiger charge is 2.30. The fourth-order valence-corrected chi connectivity index (χ4v) is 5.36. The van der Waals surface area contributed by atoms with E-state index in [9.17, 15) is 18.0 Å². The first-order valence-corrected chi connectivity index (χ1v) is 12.8. The van der Waals surface area contributed by atoms with Gasteiger partial charge in [0.05, 0.1) is 4.90 Å². The fraction of sp³-hybridized carbons (Fsp3) is 0.440. The number of carbonyl (C=O) groups excluding carboxylic acids is 2. The molecule has 8 heteroatoms. The number of amides is 2. The molecule has 0 saturated heterocycles. The quantitative estimate of drug-likeness (QED) is 0.637. The Morgan fingerprint density at radius 1 is 1.00 bits per heavy atom. The predicted molar refractivity (Wildman–Crippen MR) is 131 cm³/mol. The normalized spacial score (nSPS) is 14.8. The molecule has 1 aliphatic heterocycles. The topological polar surface area (TPSA) is 95.6 Å². The molecule has 0 bridgehead atoms. The van der Waals surface area contributed by atoms with Gasteiger partial charge in [-0.15, -0.1) is 0 Å². The summed E-state index contributed by atoms with van der Waals surface area (Å²) >= 11 is 0. The highest BCUT2D eigenvalue weighted by molar-refractivity contribution is 7.89. The van der Waals surface area contributed by atoms with Gasteiger partial charge < -0.3 is 10.2 Å². The van der Waals surface area contributed by atoms with Gasteiger partial charge >= 0.3 is 0 Å². The summed E-state index contributed by atoms with van der Waals surface area (Å²) in [7, 11) is -3.95. The smallest absolute Gasteiger partial charge is 0.242 e. The summed E-state index contributed by atoms with van der Waals surface area (Å²) in [6.07, 6.45) is 1.47. The zero-order valence-electron chi connectivity index (χ0n) is 19.9. The number of benzene rings is 2. The van der Waals surface area contributed by atoms with Crippen molar-refractivity contribution in [3.05, 3.63) is 53.6 Å². The van der Waals surface area contributed by atoms with Crippen LogP contribution in [-0.2, 0) is 26.0 Å². The summed E-state index contributed by atoms with van der Waals surface area (Å²) in [6.45, 7) is 9.91. The molecule has 178 valence electrons. The molecule has 0 spiro atoms. The van der Waals surface area contributed by atoms with Crippen LogP contribution in [0, 0.1) is 5.92 Å². The maximum Gasteiger partial charge on any atom is 0.242 e. The van der Waals surface area contributed by atoms with E-state index in [1.165, 1.54) is 13.0 Å². The van der Waals surface area contributed by atoms with Crippen molar-refractivity contribution < 1.29 is 18.0 Å². The monoisotopic (exact) mass is 471 g/mol. The lowest BCUT2D eigenvalue weighted by atomic mass is 10.0. The molecule has 0 unspecified atom stereocenters. The first-order chi connectivity index (χ1) is 15.5. The number of rotatable bonds is 7. The highest BCUT2D eigenvalue weighted by Crippen LogP contribution is 2.29. The van der Waals surface area contributed by atoms with Gasteiger partial charge in [-0.05, 0) is 66.1 Å². The summed E-state index contributed by atoms with van der Waals surface area (Å²) in [5.74, 6) is -0.362. The molecule has 3 rings (SSSR count). The van der Waals surface area contributed by atoms with Crippen LogP contribution in [0.3, 0.4) is 0 Å². The molecule has 0 aliphatic carbocycles. The molecule has 0 fully saturated rings. The van der Waals surface area contributed by atoms with Crippen molar-refractivity contribution in [2.45, 2.75) is 64.3 Å². The molecular formula is C25H33N3O4S. The Balaban J connectivity index is 1.79. The van der Waals surface area contributed by atoms with Gasteiger partial charge in [0, 0.05) is 24.8 Å². The lowest BCUT2D eigenvalue weighted by Crippen LogP contribution is -2.47. The third-order valence-electron chi connectivity index (χ3n) is 5.94. The Morgan fingerprint density at radius 2 is 1.67 bits per heavy atom. The lowest BCUT2D eigenvalue weighted by molar-refractivity contribution is -0.118. The summed E-state index contributed by atoms with van der Waals surface area (Å²) in [6, 6.07) is 11.4. The van der Waals surface area contributed by atoms with Gasteiger partial charge in [0.2, 0.25) is 21.8 Å². The maximum atomic E-state index is 13.2. The van der Waals surface area contributed by atoms with Gasteiger partial charge in [-0.1, -0.05) is 39.8 Å². The molecule has 2 aromatic carbocycles. The second-order valence-electron chi connectivity index (χ2n) is 9.17. The van der Waals surface area contributed by atoms with E-state index in [1.54, 1.807) is 30.9 Å². The van der Waals surface area contributed by atoms with E-state index in [1.807, 2.05) is 24.3 Å². The fourth-order valence-electron chi connectivity index (χ4n) is 3.97. The van der Waals surface area contributed by atoms with Gasteiger partial charge in [-0.25, -0.2) is 8.42 Å². The van der Waals surface area contributed by atoms with E-state index in [0.29, 0.717) is 24.6 Å². The van der Waals surface area contributed by atoms with Crippen molar-refractivity contribution in [1.29, 1.82) is 0 Å². The van der Waals surface area contributed by atoms with Crippen LogP contribution in [0.25, 0.3) is 0 Å². The maximum absolute atomic E-state index is 13.2. The molecule has 1 heterocycles. The molecule has 7 nitrogen and oxygen atoms in total. The summed E-state index contributed by atoms with van der Waals surface area (Å²) in [5.41, 5.74) is 3.34. The SMILES string of the molecule is CC(=O)N1CCCc2cc(S(=O)(=O)N[C@@H](C(=O)Nc3ccc(C(C)C)cc3)C(C)C)ccc21. The minimum Gasteiger partial charge on any atom is -0.325 e. The third-order valence-corrected chi connectivity index (χ3v) is 7.37. The van der Waals surface area contributed by atoms with E-state index >= 15 is 0 Å². The Labute approximate surface area is 196 Å². The van der Waals surface area contributed by atoms with E-state index < -0.39 is 22.0 Å². The largest absolute Gasteiger partial charge is 0.325 e. The molecular weight excluding hydrogens is 438 g/mol. The Morgan fingerprint density at radius 3 is 2.24 bits per heavy atom. The average Bonchev–Trinajstić information content (AvgIpc) is 2.76. The standard InChI is InChI=1S/C25H33N3O4S/c1-16(2)19-8-10-21(11-9-19)26-25(30)24(17(3)4)27-33(31,32)22-12-13-23-20(15-22)7-6-14-28(23)18(5)29/h8-13,15-17,24,27H,6-7,14H2,1-5H3,(H,26,30)/t24-/m1/s1. The van der Waals surface area contributed by atoms with Crippen LogP contribution < -0.4 is 14.9 Å². The van der Waals surface area contributed by atoms with Crippen molar-refractivity contribution in [2.75, 3.05) is 16.8 Å². The number of fused-ring (bicyclic) bond motifs is 1. The lowest BCUT2D eigenvalue weighted by Gasteiger charge is -2.29. The molecule has 2 amide bonds. The van der Waals surface area contributed by atoms with Crippen LogP contribution in [-0.4, -0.2) is 32.8 Å². The summed E-state index contributed by atoms with van der Waals surface area (Å²) in [4.78, 5) is 26.6. The molecule has 2 N–H and O–H groups in total. The Kier molecular flexibility index (Phi) is 7.59. The number of hydrogen-bond acceptors (Lipinski definition) is 4. The second kappa shape index (κ2) is 10.1. The molecule has 1 atom stereocenters. The van der Waals surface area contributed by atoms with Gasteiger partial charge in [0.1, 0.15) is 6.04 Å². The number of anilines is 2. The Hall–Kier alpha value is -2.71. The van der Waals surface area contributed by atoms with E-state index in [2.05, 4.69) is 23.9 Å². The number of carbonyl (C=O) groups is 2. The molecule has 0 aromatic heterocycles. The van der Waals surface area contributed by atoms with Crippen LogP contribution in [0.15, 0.2) is 47.4 Å². The van der Waals surface area contributed by atoms with Crippen LogP contribution in [0.4, 0.5) is 11.4 Å². The number of sulfonamides is 1. The number of nitrogens with zero attached hydrogens (tertiary/aromatic N) is 1. The zero-order valence-corrected chi connectivity index (χ0v) is 20.7. The van der Waals surface area contributed by atoms with Crippen LogP contribution >= 0.6 is 0 Å². The van der Waals surface area contributed by atoms with Crippen LogP contribution in [0.2, 0.25) is 0 Å². The van der Waals surface area contributed by atoms with Crippen LogP contribution in [0.5, 0.6) is 0 Å². The molecule has 33 heavy (non-hydrogen) atoms. The zero-order chi connectivity index (χ0) is 24.3. The molecule has 0 radical (unpaired) electrons. The first kappa shape index (κ1) is 24.9. The van der Waals surface area contributed by atoms with Crippen molar-refractivity contribution in [2.24, 2.45) is 5.92 Å². The highest BCUT2D eigenvalue weighted by atomic mass is 32.2. The van der Waals surface area contributed by atoms with Gasteiger partial charge in [-0.3, -0.25) is 9.59 Å². The van der Waals surface area contributed by atoms with E-state index in [4.69, 9.17) is 0 Å². The minimum atomic E-state index is -3.95. The number of aryl methyl sites for hydroxylation is 1. The van der Waals surface area contributed by atoms with Crippen LogP contribution in [0.1, 0.15) is 58.1 Å². The van der Waals surface area contributed by atoms with Crippen molar-refractivity contribution in [3.63, 3.8) is 0 Å². The van der Waals surface area contributed by atoms with Crippen molar-refractivity contribution >= 4 is 33.2 Å². The van der Waals surface area contributed by atoms with E-state index in [-0.39, 0.29) is 16.7 Å². The average molecular weight is 472 g/mol. The summed E-state index contributed by atoms with van der Waals surface area (Å²) in [5, 5.41) is 2.82. The summed E-state index contributed by atoms with van der Waals surface area (Å²) < 4.78 is 28.9. The van der Waals surface area contributed by atoms with Gasteiger partial charge in [0.25, 0.3) is 0 Å². The molecule has 1 aliphatic rings. The third kappa shape index (κ3) is 5.81. The first-order valence-electron chi connectivity index (χ1n) is 11.3. The van der Waals surface area contributed by atoms with Crippen molar-refractivity contribution in [1.82, 2.24) is 4.72 Å². The number of nitrogens with one attached hydrogen (secondary N) is 2. The van der Waals surface area contributed by atoms with Gasteiger partial charge in [0.15, 0.2) is 0 Å². The Bertz CT molecular complexity index is 1120. The van der Waals surface area contributed by atoms with E-state index in [0.717, 1.165) is 23.2 Å². The molecule has 2 aromatic rings.